The van der Waals surface area contributed by atoms with Gasteiger partial charge in [0, 0.05) is 12.2 Å². The van der Waals surface area contributed by atoms with E-state index in [2.05, 4.69) is 10.6 Å². The predicted molar refractivity (Wildman–Crippen MR) is 84.8 cm³/mol. The van der Waals surface area contributed by atoms with Gasteiger partial charge in [0.2, 0.25) is 0 Å². The monoisotopic (exact) mass is 294 g/mol. The van der Waals surface area contributed by atoms with E-state index >= 15 is 0 Å². The lowest BCUT2D eigenvalue weighted by Gasteiger charge is -2.15. The molecule has 0 fully saturated rings. The number of hydrogen-bond acceptors (Lipinski definition) is 3. The fraction of sp³-hybridized carbons (Fsp3) is 0.562. The van der Waals surface area contributed by atoms with Crippen LogP contribution in [0.4, 0.5) is 10.5 Å². The Kier molecular flexibility index (Phi) is 7.02. The van der Waals surface area contributed by atoms with E-state index in [9.17, 15) is 9.90 Å². The van der Waals surface area contributed by atoms with Crippen molar-refractivity contribution in [1.82, 2.24) is 5.32 Å². The number of hydrogen-bond donors (Lipinski definition) is 3. The Labute approximate surface area is 126 Å². The number of carbonyl (C=O) groups excluding carboxylic acids is 1. The minimum Gasteiger partial charge on any atom is -0.494 e. The molecule has 1 aromatic carbocycles. The third-order valence-electron chi connectivity index (χ3n) is 3.11. The first-order valence-electron chi connectivity index (χ1n) is 7.38. The van der Waals surface area contributed by atoms with Crippen LogP contribution in [0.5, 0.6) is 5.75 Å². The normalized spacial score (nSPS) is 13.4. The summed E-state index contributed by atoms with van der Waals surface area (Å²) in [4.78, 5) is 11.8. The van der Waals surface area contributed by atoms with Crippen LogP contribution in [0.25, 0.3) is 0 Å². The second-order valence-corrected chi connectivity index (χ2v) is 5.43. The molecule has 0 aromatic heterocycles. The molecule has 2 amide bonds. The Hall–Kier alpha value is -1.75. The van der Waals surface area contributed by atoms with Crippen LogP contribution >= 0.6 is 0 Å². The zero-order valence-corrected chi connectivity index (χ0v) is 13.3. The van der Waals surface area contributed by atoms with Crippen LogP contribution in [0.3, 0.4) is 0 Å². The highest BCUT2D eigenvalue weighted by atomic mass is 16.5. The number of aliphatic hydroxyl groups is 1. The van der Waals surface area contributed by atoms with E-state index in [0.717, 1.165) is 17.0 Å². The molecule has 0 saturated carbocycles. The number of carbonyl (C=O) groups is 1. The number of nitrogens with one attached hydrogen (secondary N) is 2. The molecule has 2 atom stereocenters. The number of ether oxygens (including phenoxy) is 1. The number of aliphatic hydroxyl groups excluding tert-OH is 1. The highest BCUT2D eigenvalue weighted by Crippen LogP contribution is 2.21. The molecule has 0 aliphatic heterocycles. The Morgan fingerprint density at radius 2 is 2.10 bits per heavy atom. The molecular formula is C16H26N2O3. The number of aryl methyl sites for hydroxylation is 1. The van der Waals surface area contributed by atoms with Gasteiger partial charge in [-0.1, -0.05) is 6.92 Å². The summed E-state index contributed by atoms with van der Waals surface area (Å²) >= 11 is 0. The highest BCUT2D eigenvalue weighted by molar-refractivity contribution is 5.90. The van der Waals surface area contributed by atoms with Crippen LogP contribution in [0.2, 0.25) is 0 Å². The summed E-state index contributed by atoms with van der Waals surface area (Å²) < 4.78 is 5.41. The first-order chi connectivity index (χ1) is 9.92. The van der Waals surface area contributed by atoms with Crippen LogP contribution in [0.15, 0.2) is 18.2 Å². The summed E-state index contributed by atoms with van der Waals surface area (Å²) in [5.41, 5.74) is 1.72. The molecule has 0 bridgehead atoms. The first-order valence-corrected chi connectivity index (χ1v) is 7.38. The van der Waals surface area contributed by atoms with Gasteiger partial charge in [-0.3, -0.25) is 0 Å². The third kappa shape index (κ3) is 6.49. The Balaban J connectivity index is 2.47. The lowest BCUT2D eigenvalue weighted by Crippen LogP contribution is -2.33. The van der Waals surface area contributed by atoms with Gasteiger partial charge < -0.3 is 20.5 Å². The molecule has 21 heavy (non-hydrogen) atoms. The molecule has 3 N–H and O–H groups in total. The summed E-state index contributed by atoms with van der Waals surface area (Å²) in [7, 11) is 0. The van der Waals surface area contributed by atoms with Crippen LogP contribution in [-0.2, 0) is 0 Å². The molecular weight excluding hydrogens is 268 g/mol. The topological polar surface area (TPSA) is 70.6 Å². The van der Waals surface area contributed by atoms with E-state index in [0.29, 0.717) is 19.6 Å². The summed E-state index contributed by atoms with van der Waals surface area (Å²) in [6.45, 7) is 8.76. The van der Waals surface area contributed by atoms with Crippen molar-refractivity contribution in [1.29, 1.82) is 0 Å². The summed E-state index contributed by atoms with van der Waals surface area (Å²) in [6, 6.07) is 5.33. The second kappa shape index (κ2) is 8.52. The van der Waals surface area contributed by atoms with Crippen molar-refractivity contribution in [3.8, 4) is 5.75 Å². The maximum absolute atomic E-state index is 11.8. The van der Waals surface area contributed by atoms with Gasteiger partial charge in [-0.15, -0.1) is 0 Å². The molecule has 5 heteroatoms. The molecule has 2 unspecified atom stereocenters. The number of benzene rings is 1. The molecule has 1 rings (SSSR count). The SMILES string of the molecule is CCOc1ccc(NC(=O)NCC(C)CC(C)O)c(C)c1. The Morgan fingerprint density at radius 1 is 1.38 bits per heavy atom. The van der Waals surface area contributed by atoms with E-state index in [-0.39, 0.29) is 18.1 Å². The van der Waals surface area contributed by atoms with E-state index in [1.807, 2.05) is 39.0 Å². The van der Waals surface area contributed by atoms with Gasteiger partial charge in [0.05, 0.1) is 12.7 Å². The van der Waals surface area contributed by atoms with Crippen molar-refractivity contribution in [3.63, 3.8) is 0 Å². The van der Waals surface area contributed by atoms with Gasteiger partial charge >= 0.3 is 6.03 Å². The number of urea groups is 1. The summed E-state index contributed by atoms with van der Waals surface area (Å²) in [5, 5.41) is 14.9. The van der Waals surface area contributed by atoms with Crippen molar-refractivity contribution in [3.05, 3.63) is 23.8 Å². The molecule has 1 aromatic rings. The predicted octanol–water partition coefficient (Wildman–Crippen LogP) is 2.92. The maximum atomic E-state index is 11.8. The molecule has 0 aliphatic rings. The fourth-order valence-corrected chi connectivity index (χ4v) is 2.13. The van der Waals surface area contributed by atoms with Gasteiger partial charge in [0.1, 0.15) is 5.75 Å². The van der Waals surface area contributed by atoms with E-state index in [1.165, 1.54) is 0 Å². The maximum Gasteiger partial charge on any atom is 0.319 e. The van der Waals surface area contributed by atoms with Crippen LogP contribution in [0.1, 0.15) is 32.8 Å². The Morgan fingerprint density at radius 3 is 2.67 bits per heavy atom. The zero-order valence-electron chi connectivity index (χ0n) is 13.3. The first kappa shape index (κ1) is 17.3. The van der Waals surface area contributed by atoms with E-state index in [1.54, 1.807) is 6.92 Å². The number of rotatable bonds is 7. The quantitative estimate of drug-likeness (QED) is 0.724. The Bertz CT molecular complexity index is 461. The largest absolute Gasteiger partial charge is 0.494 e. The van der Waals surface area contributed by atoms with Gasteiger partial charge in [-0.25, -0.2) is 4.79 Å². The average Bonchev–Trinajstić information content (AvgIpc) is 2.39. The third-order valence-corrected chi connectivity index (χ3v) is 3.11. The fourth-order valence-electron chi connectivity index (χ4n) is 2.13. The number of amides is 2. The smallest absolute Gasteiger partial charge is 0.319 e. The lowest BCUT2D eigenvalue weighted by molar-refractivity contribution is 0.163. The molecule has 0 radical (unpaired) electrons. The minimum atomic E-state index is -0.349. The van der Waals surface area contributed by atoms with E-state index < -0.39 is 0 Å². The lowest BCUT2D eigenvalue weighted by atomic mass is 10.1. The van der Waals surface area contributed by atoms with Gasteiger partial charge in [-0.05, 0) is 56.9 Å². The van der Waals surface area contributed by atoms with Crippen LogP contribution < -0.4 is 15.4 Å². The molecule has 0 aliphatic carbocycles. The highest BCUT2D eigenvalue weighted by Gasteiger charge is 2.09. The van der Waals surface area contributed by atoms with Gasteiger partial charge in [-0.2, -0.15) is 0 Å². The summed E-state index contributed by atoms with van der Waals surface area (Å²) in [6.07, 6.45) is 0.320. The average molecular weight is 294 g/mol. The second-order valence-electron chi connectivity index (χ2n) is 5.43. The molecule has 5 nitrogen and oxygen atoms in total. The van der Waals surface area contributed by atoms with Crippen LogP contribution in [0, 0.1) is 12.8 Å². The van der Waals surface area contributed by atoms with Crippen molar-refractivity contribution >= 4 is 11.7 Å². The van der Waals surface area contributed by atoms with Crippen molar-refractivity contribution < 1.29 is 14.6 Å². The van der Waals surface area contributed by atoms with Crippen molar-refractivity contribution in [2.24, 2.45) is 5.92 Å². The van der Waals surface area contributed by atoms with Gasteiger partial charge in [0.15, 0.2) is 0 Å². The van der Waals surface area contributed by atoms with Crippen molar-refractivity contribution in [2.75, 3.05) is 18.5 Å². The van der Waals surface area contributed by atoms with E-state index in [4.69, 9.17) is 4.74 Å². The van der Waals surface area contributed by atoms with Crippen LogP contribution in [-0.4, -0.2) is 30.4 Å². The molecule has 0 heterocycles. The molecule has 0 spiro atoms. The minimum absolute atomic E-state index is 0.233. The standard InChI is InChI=1S/C16H26N2O3/c1-5-21-14-6-7-15(12(3)9-14)18-16(20)17-10-11(2)8-13(4)19/h6-7,9,11,13,19H,5,8,10H2,1-4H3,(H2,17,18,20). The number of anilines is 1. The molecule has 0 saturated heterocycles. The molecule has 118 valence electrons. The zero-order chi connectivity index (χ0) is 15.8. The van der Waals surface area contributed by atoms with Gasteiger partial charge in [0.25, 0.3) is 0 Å². The summed E-state index contributed by atoms with van der Waals surface area (Å²) in [5.74, 6) is 1.03. The van der Waals surface area contributed by atoms with Crippen molar-refractivity contribution in [2.45, 2.75) is 40.2 Å².